The van der Waals surface area contributed by atoms with Gasteiger partial charge in [-0.05, 0) is 96.3 Å². The summed E-state index contributed by atoms with van der Waals surface area (Å²) in [7, 11) is 0. The first-order valence-electron chi connectivity index (χ1n) is 27.0. The van der Waals surface area contributed by atoms with E-state index < -0.39 is 17.9 Å². The number of hydrogen-bond acceptors (Lipinski definition) is 5. The van der Waals surface area contributed by atoms with E-state index in [9.17, 15) is 14.4 Å². The summed E-state index contributed by atoms with van der Waals surface area (Å²) >= 11 is 0. The number of aliphatic hydroxyl groups excluding tert-OH is 2. The molecule has 0 heterocycles. The third-order valence-corrected chi connectivity index (χ3v) is 11.1. The molecule has 0 radical (unpaired) electrons. The van der Waals surface area contributed by atoms with Gasteiger partial charge in [0.1, 0.15) is 0 Å². The van der Waals surface area contributed by atoms with E-state index in [0.717, 1.165) is 38.5 Å². The number of aliphatic hydroxyl groups is 2. The summed E-state index contributed by atoms with van der Waals surface area (Å²) in [6, 6.07) is 0. The minimum atomic E-state index is -0.664. The van der Waals surface area contributed by atoms with Crippen LogP contribution in [0.15, 0.2) is 36.5 Å². The van der Waals surface area contributed by atoms with Gasteiger partial charge in [0.2, 0.25) is 0 Å². The van der Waals surface area contributed by atoms with E-state index in [-0.39, 0.29) is 13.2 Å². The highest BCUT2D eigenvalue weighted by Gasteiger charge is 1.98. The predicted molar refractivity (Wildman–Crippen MR) is 275 cm³/mol. The standard InChI is InChI=1S/3C18H34O2.C2H6O2/c3*1-2-3-4-5-6-7-8-9-10-11-12-13-14-15-16-17-18(19)20;3-1-2-4/h3*9-10H,2-8,11-17H2,1H3,(H,19,20);3-4H,1-2H2/b3*10-9-;. The molecule has 0 aromatic heterocycles. The minimum absolute atomic E-state index is 0.125. The summed E-state index contributed by atoms with van der Waals surface area (Å²) < 4.78 is 0. The first kappa shape index (κ1) is 68.1. The van der Waals surface area contributed by atoms with Gasteiger partial charge < -0.3 is 25.5 Å². The molecule has 0 saturated heterocycles. The molecule has 0 amide bonds. The van der Waals surface area contributed by atoms with E-state index in [2.05, 4.69) is 57.2 Å². The molecule has 380 valence electrons. The number of hydrogen-bond donors (Lipinski definition) is 5. The highest BCUT2D eigenvalue weighted by molar-refractivity contribution is 5.67. The van der Waals surface area contributed by atoms with Gasteiger partial charge in [-0.25, -0.2) is 0 Å². The molecule has 0 atom stereocenters. The zero-order chi connectivity index (χ0) is 48.1. The molecule has 0 aliphatic rings. The lowest BCUT2D eigenvalue weighted by Crippen LogP contribution is -1.93. The third kappa shape index (κ3) is 83.1. The van der Waals surface area contributed by atoms with Crippen molar-refractivity contribution in [3.8, 4) is 0 Å². The van der Waals surface area contributed by atoms with E-state index in [1.165, 1.54) is 212 Å². The van der Waals surface area contributed by atoms with Gasteiger partial charge in [0.25, 0.3) is 0 Å². The molecule has 8 heteroatoms. The number of allylic oxidation sites excluding steroid dienone is 6. The number of unbranched alkanes of at least 4 members (excludes halogenated alkanes) is 33. The third-order valence-electron chi connectivity index (χ3n) is 11.1. The van der Waals surface area contributed by atoms with Crippen molar-refractivity contribution >= 4 is 17.9 Å². The second-order valence-electron chi connectivity index (χ2n) is 17.6. The fourth-order valence-corrected chi connectivity index (χ4v) is 7.04. The quantitative estimate of drug-likeness (QED) is 0.0299. The van der Waals surface area contributed by atoms with E-state index in [0.29, 0.717) is 19.3 Å². The first-order valence-corrected chi connectivity index (χ1v) is 27.0. The van der Waals surface area contributed by atoms with Gasteiger partial charge in [-0.2, -0.15) is 0 Å². The Morgan fingerprint density at radius 2 is 0.422 bits per heavy atom. The lowest BCUT2D eigenvalue weighted by Gasteiger charge is -1.99. The monoisotopic (exact) mass is 909 g/mol. The Morgan fingerprint density at radius 1 is 0.266 bits per heavy atom. The molecular formula is C56H108O8. The number of carboxylic acids is 3. The van der Waals surface area contributed by atoms with Crippen molar-refractivity contribution in [2.24, 2.45) is 0 Å². The van der Waals surface area contributed by atoms with Gasteiger partial charge in [-0.1, -0.05) is 211 Å². The Hall–Kier alpha value is -2.45. The molecule has 0 rings (SSSR count). The molecule has 0 aromatic carbocycles. The second-order valence-corrected chi connectivity index (χ2v) is 17.6. The van der Waals surface area contributed by atoms with Gasteiger partial charge in [-0.15, -0.1) is 0 Å². The average molecular weight is 909 g/mol. The highest BCUT2D eigenvalue weighted by Crippen LogP contribution is 2.13. The smallest absolute Gasteiger partial charge is 0.303 e. The molecule has 0 bridgehead atoms. The Balaban J connectivity index is -0.000000404. The molecule has 0 aromatic rings. The van der Waals surface area contributed by atoms with E-state index in [1.807, 2.05) is 0 Å². The summed E-state index contributed by atoms with van der Waals surface area (Å²) in [5.74, 6) is -1.99. The fourth-order valence-electron chi connectivity index (χ4n) is 7.04. The van der Waals surface area contributed by atoms with Crippen LogP contribution in [0, 0.1) is 0 Å². The van der Waals surface area contributed by atoms with E-state index in [1.54, 1.807) is 0 Å². The second kappa shape index (κ2) is 67.1. The van der Waals surface area contributed by atoms with Crippen molar-refractivity contribution in [3.63, 3.8) is 0 Å². The first-order chi connectivity index (χ1) is 31.2. The van der Waals surface area contributed by atoms with Crippen LogP contribution in [0.3, 0.4) is 0 Å². The lowest BCUT2D eigenvalue weighted by molar-refractivity contribution is -0.138. The summed E-state index contributed by atoms with van der Waals surface area (Å²) in [4.78, 5) is 31.0. The molecule has 64 heavy (non-hydrogen) atoms. The van der Waals surface area contributed by atoms with Crippen LogP contribution >= 0.6 is 0 Å². The van der Waals surface area contributed by atoms with Gasteiger partial charge in [0.05, 0.1) is 13.2 Å². The predicted octanol–water partition coefficient (Wildman–Crippen LogP) is 17.3. The lowest BCUT2D eigenvalue weighted by atomic mass is 10.1. The molecule has 8 nitrogen and oxygen atoms in total. The number of aliphatic carboxylic acids is 3. The maximum Gasteiger partial charge on any atom is 0.303 e. The molecule has 0 unspecified atom stereocenters. The maximum atomic E-state index is 10.3. The molecule has 0 spiro atoms. The summed E-state index contributed by atoms with van der Waals surface area (Å²) in [5, 5.41) is 40.8. The molecule has 0 aliphatic carbocycles. The summed E-state index contributed by atoms with van der Waals surface area (Å²) in [6.07, 6.45) is 63.7. The summed E-state index contributed by atoms with van der Waals surface area (Å²) in [6.45, 7) is 6.53. The average Bonchev–Trinajstić information content (AvgIpc) is 3.28. The van der Waals surface area contributed by atoms with Gasteiger partial charge >= 0.3 is 17.9 Å². The minimum Gasteiger partial charge on any atom is -0.481 e. The summed E-state index contributed by atoms with van der Waals surface area (Å²) in [5.41, 5.74) is 0. The van der Waals surface area contributed by atoms with E-state index in [4.69, 9.17) is 25.5 Å². The number of rotatable bonds is 46. The van der Waals surface area contributed by atoms with Gasteiger partial charge in [0, 0.05) is 19.3 Å². The number of carboxylic acid groups (broad SMARTS) is 3. The SMILES string of the molecule is CCCCCCCC/C=C\CCCCCCCC(=O)O.CCCCCCCC/C=C\CCCCCCCC(=O)O.CCCCCCCC/C=C\CCCCCCCC(=O)O.OCCO. The molecule has 0 saturated carbocycles. The van der Waals surface area contributed by atoms with Crippen molar-refractivity contribution in [2.45, 2.75) is 290 Å². The Morgan fingerprint density at radius 3 is 0.578 bits per heavy atom. The van der Waals surface area contributed by atoms with Crippen LogP contribution in [0.25, 0.3) is 0 Å². The van der Waals surface area contributed by atoms with Crippen molar-refractivity contribution in [2.75, 3.05) is 13.2 Å². The number of carbonyl (C=O) groups is 3. The fraction of sp³-hybridized carbons (Fsp3) is 0.839. The van der Waals surface area contributed by atoms with Crippen LogP contribution in [0.5, 0.6) is 0 Å². The van der Waals surface area contributed by atoms with Crippen LogP contribution in [0.1, 0.15) is 290 Å². The normalized spacial score (nSPS) is 11.0. The van der Waals surface area contributed by atoms with Crippen LogP contribution < -0.4 is 0 Å². The molecular weight excluding hydrogens is 801 g/mol. The van der Waals surface area contributed by atoms with Crippen LogP contribution in [-0.4, -0.2) is 56.7 Å². The van der Waals surface area contributed by atoms with Crippen LogP contribution in [0.2, 0.25) is 0 Å². The molecule has 0 aliphatic heterocycles. The zero-order valence-electron chi connectivity index (χ0n) is 42.5. The van der Waals surface area contributed by atoms with Crippen molar-refractivity contribution < 1.29 is 39.9 Å². The van der Waals surface area contributed by atoms with Crippen molar-refractivity contribution in [3.05, 3.63) is 36.5 Å². The van der Waals surface area contributed by atoms with Crippen molar-refractivity contribution in [1.82, 2.24) is 0 Å². The topological polar surface area (TPSA) is 152 Å². The maximum absolute atomic E-state index is 10.3. The zero-order valence-corrected chi connectivity index (χ0v) is 42.5. The van der Waals surface area contributed by atoms with Crippen LogP contribution in [-0.2, 0) is 14.4 Å². The highest BCUT2D eigenvalue weighted by atomic mass is 16.4. The molecule has 0 fully saturated rings. The Kier molecular flexibility index (Phi) is 71.5. The van der Waals surface area contributed by atoms with E-state index >= 15 is 0 Å². The van der Waals surface area contributed by atoms with Crippen LogP contribution in [0.4, 0.5) is 0 Å². The van der Waals surface area contributed by atoms with Gasteiger partial charge in [0.15, 0.2) is 0 Å². The van der Waals surface area contributed by atoms with Crippen molar-refractivity contribution in [1.29, 1.82) is 0 Å². The van der Waals surface area contributed by atoms with Gasteiger partial charge in [-0.3, -0.25) is 14.4 Å². The largest absolute Gasteiger partial charge is 0.481 e. The molecule has 5 N–H and O–H groups in total. The Labute approximate surface area is 396 Å². The Bertz CT molecular complexity index is 855.